The maximum Gasteiger partial charge on any atom is 0.264 e. The quantitative estimate of drug-likeness (QED) is 0.679. The van der Waals surface area contributed by atoms with Gasteiger partial charge in [0.1, 0.15) is 6.10 Å². The number of carbonyl (C=O) groups is 2. The van der Waals surface area contributed by atoms with Crippen LogP contribution >= 0.6 is 0 Å². The first kappa shape index (κ1) is 18.9. The maximum atomic E-state index is 12.1. The van der Waals surface area contributed by atoms with Gasteiger partial charge in [-0.15, -0.1) is 6.58 Å². The van der Waals surface area contributed by atoms with Crippen LogP contribution < -0.4 is 10.0 Å². The normalized spacial score (nSPS) is 12.3. The van der Waals surface area contributed by atoms with Crippen molar-refractivity contribution in [3.8, 4) is 0 Å². The standard InChI is InChI=1S/C15H20N2O5S/c1-4-9-22-11(2)15(19)17-23(20,21)14-7-5-13(6-8-14)10-16-12(3)18/h4-8,11H,1,9-10H2,2-3H3,(H,16,18)(H,17,19)/t11-/m1/s1. The molecule has 0 aliphatic rings. The number of hydrogen-bond acceptors (Lipinski definition) is 5. The number of sulfonamides is 1. The van der Waals surface area contributed by atoms with Gasteiger partial charge >= 0.3 is 0 Å². The van der Waals surface area contributed by atoms with E-state index >= 15 is 0 Å². The van der Waals surface area contributed by atoms with Gasteiger partial charge in [0.2, 0.25) is 5.91 Å². The molecule has 0 bridgehead atoms. The van der Waals surface area contributed by atoms with Crippen molar-refractivity contribution in [2.24, 2.45) is 0 Å². The third-order valence-electron chi connectivity index (χ3n) is 2.84. The van der Waals surface area contributed by atoms with Crippen LogP contribution in [-0.4, -0.2) is 32.9 Å². The largest absolute Gasteiger partial charge is 0.365 e. The molecule has 0 unspecified atom stereocenters. The summed E-state index contributed by atoms with van der Waals surface area (Å²) >= 11 is 0. The van der Waals surface area contributed by atoms with Crippen LogP contribution in [0.3, 0.4) is 0 Å². The number of nitrogens with one attached hydrogen (secondary N) is 2. The lowest BCUT2D eigenvalue weighted by molar-refractivity contribution is -0.129. The Balaban J connectivity index is 2.74. The summed E-state index contributed by atoms with van der Waals surface area (Å²) in [5, 5.41) is 2.60. The van der Waals surface area contributed by atoms with E-state index in [2.05, 4.69) is 11.9 Å². The van der Waals surface area contributed by atoms with E-state index in [9.17, 15) is 18.0 Å². The van der Waals surface area contributed by atoms with Gasteiger partial charge in [-0.3, -0.25) is 9.59 Å². The van der Waals surface area contributed by atoms with Crippen LogP contribution in [0.25, 0.3) is 0 Å². The van der Waals surface area contributed by atoms with Gasteiger partial charge in [0.15, 0.2) is 0 Å². The molecule has 0 spiro atoms. The zero-order valence-corrected chi connectivity index (χ0v) is 13.9. The van der Waals surface area contributed by atoms with Crippen molar-refractivity contribution in [1.82, 2.24) is 10.0 Å². The number of hydrogen-bond donors (Lipinski definition) is 2. The highest BCUT2D eigenvalue weighted by atomic mass is 32.2. The lowest BCUT2D eigenvalue weighted by atomic mass is 10.2. The third kappa shape index (κ3) is 6.21. The maximum absolute atomic E-state index is 12.1. The molecule has 0 saturated carbocycles. The summed E-state index contributed by atoms with van der Waals surface area (Å²) in [5.74, 6) is -0.934. The van der Waals surface area contributed by atoms with Crippen LogP contribution in [0.1, 0.15) is 19.4 Å². The number of rotatable bonds is 8. The third-order valence-corrected chi connectivity index (χ3v) is 4.21. The monoisotopic (exact) mass is 340 g/mol. The zero-order valence-electron chi connectivity index (χ0n) is 13.0. The molecule has 0 saturated heterocycles. The van der Waals surface area contributed by atoms with Crippen LogP contribution in [0.2, 0.25) is 0 Å². The van der Waals surface area contributed by atoms with E-state index in [0.717, 1.165) is 5.56 Å². The van der Waals surface area contributed by atoms with Gasteiger partial charge in [-0.05, 0) is 24.6 Å². The minimum absolute atomic E-state index is 0.0478. The molecule has 0 heterocycles. The van der Waals surface area contributed by atoms with Gasteiger partial charge in [0.25, 0.3) is 15.9 Å². The minimum Gasteiger partial charge on any atom is -0.365 e. The predicted octanol–water partition coefficient (Wildman–Crippen LogP) is 0.719. The summed E-state index contributed by atoms with van der Waals surface area (Å²) < 4.78 is 31.3. The van der Waals surface area contributed by atoms with Crippen LogP contribution in [-0.2, 0) is 30.9 Å². The van der Waals surface area contributed by atoms with E-state index in [0.29, 0.717) is 6.54 Å². The Bertz CT molecular complexity index is 668. The van der Waals surface area contributed by atoms with E-state index in [1.165, 1.54) is 32.1 Å². The molecule has 2 N–H and O–H groups in total. The van der Waals surface area contributed by atoms with Crippen LogP contribution in [0, 0.1) is 0 Å². The fourth-order valence-corrected chi connectivity index (χ4v) is 2.62. The summed E-state index contributed by atoms with van der Waals surface area (Å²) in [6.45, 7) is 6.73. The highest BCUT2D eigenvalue weighted by molar-refractivity contribution is 7.90. The van der Waals surface area contributed by atoms with Gasteiger partial charge in [-0.1, -0.05) is 18.2 Å². The molecule has 0 aromatic heterocycles. The first-order valence-corrected chi connectivity index (χ1v) is 8.37. The molecule has 2 amide bonds. The first-order valence-electron chi connectivity index (χ1n) is 6.89. The topological polar surface area (TPSA) is 102 Å². The lowest BCUT2D eigenvalue weighted by Gasteiger charge is -2.13. The number of amides is 2. The van der Waals surface area contributed by atoms with Crippen molar-refractivity contribution in [1.29, 1.82) is 0 Å². The molecule has 0 aliphatic carbocycles. The SMILES string of the molecule is C=CCO[C@H](C)C(=O)NS(=O)(=O)c1ccc(CNC(C)=O)cc1. The zero-order chi connectivity index (χ0) is 17.5. The minimum atomic E-state index is -3.97. The second kappa shape index (κ2) is 8.44. The average molecular weight is 340 g/mol. The molecular formula is C15H20N2O5S. The molecule has 23 heavy (non-hydrogen) atoms. The molecular weight excluding hydrogens is 320 g/mol. The molecule has 0 radical (unpaired) electrons. The highest BCUT2D eigenvalue weighted by Gasteiger charge is 2.21. The smallest absolute Gasteiger partial charge is 0.264 e. The summed E-state index contributed by atoms with van der Waals surface area (Å²) in [6, 6.07) is 5.85. The van der Waals surface area contributed by atoms with Gasteiger partial charge in [-0.25, -0.2) is 13.1 Å². The molecule has 1 aromatic rings. The van der Waals surface area contributed by atoms with Crippen LogP contribution in [0.5, 0.6) is 0 Å². The van der Waals surface area contributed by atoms with Crippen molar-refractivity contribution >= 4 is 21.8 Å². The van der Waals surface area contributed by atoms with Crippen LogP contribution in [0.15, 0.2) is 41.8 Å². The second-order valence-corrected chi connectivity index (χ2v) is 6.47. The molecule has 0 fully saturated rings. The van der Waals surface area contributed by atoms with E-state index in [-0.39, 0.29) is 17.4 Å². The average Bonchev–Trinajstić information content (AvgIpc) is 2.50. The fraction of sp³-hybridized carbons (Fsp3) is 0.333. The molecule has 1 atom stereocenters. The Morgan fingerprint density at radius 1 is 1.30 bits per heavy atom. The Labute approximate surface area is 135 Å². The number of carbonyl (C=O) groups excluding carboxylic acids is 2. The molecule has 1 aromatic carbocycles. The summed E-state index contributed by atoms with van der Waals surface area (Å²) in [5.41, 5.74) is 0.744. The highest BCUT2D eigenvalue weighted by Crippen LogP contribution is 2.11. The van der Waals surface area contributed by atoms with Crippen LogP contribution in [0.4, 0.5) is 0 Å². The van der Waals surface area contributed by atoms with Crippen molar-refractivity contribution in [2.75, 3.05) is 6.61 Å². The van der Waals surface area contributed by atoms with E-state index in [1.54, 1.807) is 12.1 Å². The molecule has 8 heteroatoms. The van der Waals surface area contributed by atoms with Gasteiger partial charge in [-0.2, -0.15) is 0 Å². The molecule has 7 nitrogen and oxygen atoms in total. The number of benzene rings is 1. The van der Waals surface area contributed by atoms with Gasteiger partial charge in [0.05, 0.1) is 11.5 Å². The van der Waals surface area contributed by atoms with Crippen molar-refractivity contribution in [3.05, 3.63) is 42.5 Å². The summed E-state index contributed by atoms with van der Waals surface area (Å²) in [4.78, 5) is 22.6. The van der Waals surface area contributed by atoms with E-state index < -0.39 is 22.0 Å². The van der Waals surface area contributed by atoms with Gasteiger partial charge < -0.3 is 10.1 Å². The fourth-order valence-electron chi connectivity index (χ4n) is 1.58. The first-order chi connectivity index (χ1) is 10.8. The summed E-state index contributed by atoms with van der Waals surface area (Å²) in [7, 11) is -3.97. The van der Waals surface area contributed by atoms with E-state index in [1.807, 2.05) is 4.72 Å². The summed E-state index contributed by atoms with van der Waals surface area (Å²) in [6.07, 6.45) is 0.549. The second-order valence-electron chi connectivity index (χ2n) is 4.79. The van der Waals surface area contributed by atoms with E-state index in [4.69, 9.17) is 4.74 Å². The number of ether oxygens (including phenoxy) is 1. The molecule has 0 aliphatic heterocycles. The lowest BCUT2D eigenvalue weighted by Crippen LogP contribution is -2.38. The molecule has 126 valence electrons. The Kier molecular flexibility index (Phi) is 6.92. The van der Waals surface area contributed by atoms with Crippen molar-refractivity contribution in [2.45, 2.75) is 31.4 Å². The Morgan fingerprint density at radius 3 is 2.43 bits per heavy atom. The van der Waals surface area contributed by atoms with Crippen molar-refractivity contribution in [3.63, 3.8) is 0 Å². The Morgan fingerprint density at radius 2 is 1.91 bits per heavy atom. The molecule has 1 rings (SSSR count). The Hall–Kier alpha value is -2.19. The van der Waals surface area contributed by atoms with Crippen molar-refractivity contribution < 1.29 is 22.7 Å². The predicted molar refractivity (Wildman–Crippen MR) is 84.9 cm³/mol. The van der Waals surface area contributed by atoms with Gasteiger partial charge in [0, 0.05) is 13.5 Å².